The number of ether oxygens (including phenoxy) is 1. The van der Waals surface area contributed by atoms with E-state index in [0.717, 1.165) is 5.56 Å². The van der Waals surface area contributed by atoms with Crippen molar-refractivity contribution in [3.63, 3.8) is 0 Å². The molecule has 2 N–H and O–H groups in total. The van der Waals surface area contributed by atoms with Gasteiger partial charge in [0.1, 0.15) is 5.75 Å². The van der Waals surface area contributed by atoms with Gasteiger partial charge in [-0.1, -0.05) is 18.2 Å². The molecule has 0 saturated carbocycles. The predicted molar refractivity (Wildman–Crippen MR) is 94.8 cm³/mol. The fraction of sp³-hybridized carbons (Fsp3) is 0.316. The molecule has 2 aromatic carbocycles. The highest BCUT2D eigenvalue weighted by Gasteiger charge is 2.37. The average Bonchev–Trinajstić information content (AvgIpc) is 2.61. The van der Waals surface area contributed by atoms with Crippen LogP contribution in [0, 0.1) is 0 Å². The molecule has 0 aliphatic rings. The Morgan fingerprint density at radius 2 is 1.55 bits per heavy atom. The summed E-state index contributed by atoms with van der Waals surface area (Å²) in [5, 5.41) is 4.41. The van der Waals surface area contributed by atoms with Crippen molar-refractivity contribution in [2.45, 2.75) is 25.7 Å². The molecule has 0 aliphatic heterocycles. The Morgan fingerprint density at radius 3 is 2.10 bits per heavy atom. The predicted octanol–water partition coefficient (Wildman–Crippen LogP) is 5.49. The molecule has 10 heteroatoms. The lowest BCUT2D eigenvalue weighted by molar-refractivity contribution is -0.143. The number of para-hydroxylation sites is 1. The zero-order valence-corrected chi connectivity index (χ0v) is 15.2. The van der Waals surface area contributed by atoms with E-state index < -0.39 is 35.2 Å². The highest BCUT2D eigenvalue weighted by atomic mass is 19.4. The number of hydrogen-bond acceptors (Lipinski definition) is 2. The molecule has 4 nitrogen and oxygen atoms in total. The summed E-state index contributed by atoms with van der Waals surface area (Å²) in [5.41, 5.74) is -2.83. The third kappa shape index (κ3) is 6.58. The summed E-state index contributed by atoms with van der Waals surface area (Å²) in [6, 6.07) is 7.05. The zero-order chi connectivity index (χ0) is 21.7. The van der Waals surface area contributed by atoms with Crippen LogP contribution in [0.15, 0.2) is 42.5 Å². The lowest BCUT2D eigenvalue weighted by Gasteiger charge is -2.15. The van der Waals surface area contributed by atoms with E-state index in [1.807, 2.05) is 12.2 Å². The monoisotopic (exact) mass is 420 g/mol. The Bertz CT molecular complexity index is 817. The first-order chi connectivity index (χ1) is 13.5. The van der Waals surface area contributed by atoms with E-state index >= 15 is 0 Å². The molecule has 0 radical (unpaired) electrons. The minimum Gasteiger partial charge on any atom is -0.494 e. The molecule has 0 bridgehead atoms. The highest BCUT2D eigenvalue weighted by molar-refractivity contribution is 5.89. The van der Waals surface area contributed by atoms with Gasteiger partial charge in [-0.2, -0.15) is 26.3 Å². The van der Waals surface area contributed by atoms with E-state index in [9.17, 15) is 31.1 Å². The van der Waals surface area contributed by atoms with Crippen LogP contribution in [0.1, 0.15) is 23.6 Å². The van der Waals surface area contributed by atoms with Gasteiger partial charge in [0.25, 0.3) is 0 Å². The van der Waals surface area contributed by atoms with Gasteiger partial charge in [0.05, 0.1) is 17.7 Å². The molecule has 0 spiro atoms. The van der Waals surface area contributed by atoms with Gasteiger partial charge in [0, 0.05) is 12.2 Å². The topological polar surface area (TPSA) is 50.4 Å². The summed E-state index contributed by atoms with van der Waals surface area (Å²) in [6.07, 6.45) is -9.62. The molecule has 0 unspecified atom stereocenters. The Kier molecular flexibility index (Phi) is 6.99. The first-order valence-corrected chi connectivity index (χ1v) is 8.55. The van der Waals surface area contributed by atoms with Gasteiger partial charge in [-0.25, -0.2) is 4.79 Å². The van der Waals surface area contributed by atoms with Crippen LogP contribution in [0.25, 0.3) is 0 Å². The summed E-state index contributed by atoms with van der Waals surface area (Å²) in [5.74, 6) is 0.630. The summed E-state index contributed by atoms with van der Waals surface area (Å²) < 4.78 is 82.6. The standard InChI is InChI=1S/C19H18F6N2O2/c1-2-29-16-6-4-3-5-12(16)7-8-26-17(28)27-15-10-13(18(20,21)22)9-14(11-15)19(23,24)25/h3-6,9-11H,2,7-8H2,1H3,(H2,26,27,28). The fourth-order valence-corrected chi connectivity index (χ4v) is 2.52. The van der Waals surface area contributed by atoms with Crippen molar-refractivity contribution in [2.75, 3.05) is 18.5 Å². The van der Waals surface area contributed by atoms with Crippen LogP contribution in [-0.2, 0) is 18.8 Å². The number of alkyl halides is 6. The highest BCUT2D eigenvalue weighted by Crippen LogP contribution is 2.37. The van der Waals surface area contributed by atoms with Crippen LogP contribution in [0.4, 0.5) is 36.8 Å². The zero-order valence-electron chi connectivity index (χ0n) is 15.2. The minimum atomic E-state index is -4.99. The molecule has 0 saturated heterocycles. The van der Waals surface area contributed by atoms with Crippen LogP contribution in [0.5, 0.6) is 5.75 Å². The largest absolute Gasteiger partial charge is 0.494 e. The van der Waals surface area contributed by atoms with Crippen LogP contribution >= 0.6 is 0 Å². The van der Waals surface area contributed by atoms with E-state index in [-0.39, 0.29) is 12.6 Å². The van der Waals surface area contributed by atoms with Crippen molar-refractivity contribution in [2.24, 2.45) is 0 Å². The van der Waals surface area contributed by atoms with E-state index in [0.29, 0.717) is 30.9 Å². The summed E-state index contributed by atoms with van der Waals surface area (Å²) in [4.78, 5) is 11.9. The van der Waals surface area contributed by atoms with Gasteiger partial charge in [-0.3, -0.25) is 0 Å². The number of carbonyl (C=O) groups excluding carboxylic acids is 1. The van der Waals surface area contributed by atoms with Crippen molar-refractivity contribution < 1.29 is 35.9 Å². The molecule has 0 fully saturated rings. The second-order valence-electron chi connectivity index (χ2n) is 5.97. The van der Waals surface area contributed by atoms with Gasteiger partial charge in [0.2, 0.25) is 0 Å². The summed E-state index contributed by atoms with van der Waals surface area (Å²) >= 11 is 0. The van der Waals surface area contributed by atoms with Gasteiger partial charge in [0.15, 0.2) is 0 Å². The summed E-state index contributed by atoms with van der Waals surface area (Å²) in [6.45, 7) is 2.36. The van der Waals surface area contributed by atoms with E-state index in [1.165, 1.54) is 0 Å². The lowest BCUT2D eigenvalue weighted by atomic mass is 10.1. The second kappa shape index (κ2) is 9.06. The fourth-order valence-electron chi connectivity index (χ4n) is 2.52. The Labute approximate surface area is 162 Å². The number of anilines is 1. The SMILES string of the molecule is CCOc1ccccc1CCNC(=O)Nc1cc(C(F)(F)F)cc(C(F)(F)F)c1. The molecule has 0 heterocycles. The number of carbonyl (C=O) groups is 1. The maximum Gasteiger partial charge on any atom is 0.416 e. The third-order valence-electron chi connectivity index (χ3n) is 3.80. The summed E-state index contributed by atoms with van der Waals surface area (Å²) in [7, 11) is 0. The molecule has 2 amide bonds. The van der Waals surface area contributed by atoms with E-state index in [4.69, 9.17) is 4.74 Å². The Morgan fingerprint density at radius 1 is 0.966 bits per heavy atom. The first-order valence-electron chi connectivity index (χ1n) is 8.55. The molecule has 2 aromatic rings. The number of benzene rings is 2. The quantitative estimate of drug-likeness (QED) is 0.608. The Balaban J connectivity index is 2.05. The first kappa shape index (κ1) is 22.4. The number of hydrogen-bond donors (Lipinski definition) is 2. The smallest absolute Gasteiger partial charge is 0.416 e. The average molecular weight is 420 g/mol. The van der Waals surface area contributed by atoms with Crippen molar-refractivity contribution in [3.8, 4) is 5.75 Å². The van der Waals surface area contributed by atoms with Gasteiger partial charge >= 0.3 is 18.4 Å². The molecule has 2 rings (SSSR count). The molecule has 0 aromatic heterocycles. The number of amides is 2. The number of rotatable bonds is 6. The second-order valence-corrected chi connectivity index (χ2v) is 5.97. The van der Waals surface area contributed by atoms with E-state index in [2.05, 4.69) is 5.32 Å². The Hall–Kier alpha value is -2.91. The lowest BCUT2D eigenvalue weighted by Crippen LogP contribution is -2.30. The molecular formula is C19H18F6N2O2. The van der Waals surface area contributed by atoms with Gasteiger partial charge < -0.3 is 15.4 Å². The number of nitrogens with one attached hydrogen (secondary N) is 2. The molecule has 0 aliphatic carbocycles. The van der Waals surface area contributed by atoms with Crippen molar-refractivity contribution in [1.29, 1.82) is 0 Å². The molecular weight excluding hydrogens is 402 g/mol. The maximum atomic E-state index is 12.9. The van der Waals surface area contributed by atoms with Crippen LogP contribution in [0.2, 0.25) is 0 Å². The van der Waals surface area contributed by atoms with Crippen LogP contribution in [0.3, 0.4) is 0 Å². The van der Waals surface area contributed by atoms with Crippen molar-refractivity contribution in [1.82, 2.24) is 5.32 Å². The van der Waals surface area contributed by atoms with Crippen molar-refractivity contribution in [3.05, 3.63) is 59.2 Å². The maximum absolute atomic E-state index is 12.9. The van der Waals surface area contributed by atoms with E-state index in [1.54, 1.807) is 24.3 Å². The normalized spacial score (nSPS) is 11.8. The number of halogens is 6. The van der Waals surface area contributed by atoms with Crippen molar-refractivity contribution >= 4 is 11.7 Å². The van der Waals surface area contributed by atoms with Gasteiger partial charge in [-0.15, -0.1) is 0 Å². The third-order valence-corrected chi connectivity index (χ3v) is 3.80. The van der Waals surface area contributed by atoms with Crippen LogP contribution in [-0.4, -0.2) is 19.2 Å². The molecule has 0 atom stereocenters. The molecule has 29 heavy (non-hydrogen) atoms. The van der Waals surface area contributed by atoms with Gasteiger partial charge in [-0.05, 0) is 43.2 Å². The minimum absolute atomic E-state index is 0.00620. The molecule has 158 valence electrons. The number of urea groups is 1. The van der Waals surface area contributed by atoms with Crippen LogP contribution < -0.4 is 15.4 Å².